The zero-order chi connectivity index (χ0) is 19.3. The van der Waals surface area contributed by atoms with E-state index >= 15 is 0 Å². The molecule has 0 saturated carbocycles. The van der Waals surface area contributed by atoms with E-state index in [0.29, 0.717) is 5.75 Å². The second-order valence-corrected chi connectivity index (χ2v) is 8.10. The SMILES string of the molecule is COc1ccc([C@H](C)NC(=O)CN(c2ccccc2Cl)S(C)(=O)=O)cc1. The summed E-state index contributed by atoms with van der Waals surface area (Å²) in [6.07, 6.45) is 1.04. The van der Waals surface area contributed by atoms with Crippen LogP contribution in [0.15, 0.2) is 48.5 Å². The summed E-state index contributed by atoms with van der Waals surface area (Å²) >= 11 is 6.09. The average Bonchev–Trinajstić information content (AvgIpc) is 2.59. The number of nitrogens with zero attached hydrogens (tertiary/aromatic N) is 1. The van der Waals surface area contributed by atoms with E-state index in [4.69, 9.17) is 16.3 Å². The summed E-state index contributed by atoms with van der Waals surface area (Å²) in [6, 6.07) is 13.5. The first-order chi connectivity index (χ1) is 12.2. The van der Waals surface area contributed by atoms with E-state index < -0.39 is 15.9 Å². The van der Waals surface area contributed by atoms with Gasteiger partial charge in [-0.05, 0) is 36.8 Å². The molecule has 1 atom stereocenters. The van der Waals surface area contributed by atoms with Gasteiger partial charge in [-0.2, -0.15) is 0 Å². The highest BCUT2D eigenvalue weighted by atomic mass is 35.5. The van der Waals surface area contributed by atoms with E-state index in [1.807, 2.05) is 19.1 Å². The molecule has 0 heterocycles. The summed E-state index contributed by atoms with van der Waals surface area (Å²) in [7, 11) is -2.10. The van der Waals surface area contributed by atoms with Crippen LogP contribution in [0, 0.1) is 0 Å². The van der Waals surface area contributed by atoms with Crippen molar-refractivity contribution in [2.75, 3.05) is 24.2 Å². The van der Waals surface area contributed by atoms with Crippen LogP contribution in [0.25, 0.3) is 0 Å². The number of anilines is 1. The van der Waals surface area contributed by atoms with E-state index in [2.05, 4.69) is 5.32 Å². The predicted octanol–water partition coefficient (Wildman–Crippen LogP) is 2.99. The van der Waals surface area contributed by atoms with Crippen molar-refractivity contribution in [1.29, 1.82) is 0 Å². The Bertz CT molecular complexity index is 869. The lowest BCUT2D eigenvalue weighted by Crippen LogP contribution is -2.41. The average molecular weight is 397 g/mol. The van der Waals surface area contributed by atoms with E-state index in [0.717, 1.165) is 16.1 Å². The van der Waals surface area contributed by atoms with Gasteiger partial charge >= 0.3 is 0 Å². The second kappa shape index (κ2) is 8.42. The summed E-state index contributed by atoms with van der Waals surface area (Å²) in [5.74, 6) is 0.285. The number of benzene rings is 2. The molecule has 2 rings (SSSR count). The molecule has 0 spiro atoms. The van der Waals surface area contributed by atoms with Crippen LogP contribution >= 0.6 is 11.6 Å². The second-order valence-electron chi connectivity index (χ2n) is 5.78. The third-order valence-electron chi connectivity index (χ3n) is 3.80. The van der Waals surface area contributed by atoms with Gasteiger partial charge in [-0.15, -0.1) is 0 Å². The Morgan fingerprint density at radius 1 is 1.19 bits per heavy atom. The Balaban J connectivity index is 2.13. The molecule has 0 aromatic heterocycles. The first-order valence-corrected chi connectivity index (χ1v) is 10.1. The van der Waals surface area contributed by atoms with Crippen molar-refractivity contribution in [3.8, 4) is 5.75 Å². The number of carbonyl (C=O) groups excluding carboxylic acids is 1. The molecule has 26 heavy (non-hydrogen) atoms. The molecule has 0 fully saturated rings. The minimum atomic E-state index is -3.67. The molecule has 0 saturated heterocycles. The summed E-state index contributed by atoms with van der Waals surface area (Å²) in [4.78, 5) is 12.4. The van der Waals surface area contributed by atoms with Gasteiger partial charge in [0.15, 0.2) is 0 Å². The lowest BCUT2D eigenvalue weighted by molar-refractivity contribution is -0.120. The van der Waals surface area contributed by atoms with E-state index in [9.17, 15) is 13.2 Å². The molecule has 0 unspecified atom stereocenters. The number of hydrogen-bond acceptors (Lipinski definition) is 4. The molecule has 140 valence electrons. The molecule has 1 N–H and O–H groups in total. The van der Waals surface area contributed by atoms with Gasteiger partial charge in [0.2, 0.25) is 15.9 Å². The zero-order valence-corrected chi connectivity index (χ0v) is 16.3. The fraction of sp³-hybridized carbons (Fsp3) is 0.278. The first-order valence-electron chi connectivity index (χ1n) is 7.88. The molecule has 1 amide bonds. The minimum Gasteiger partial charge on any atom is -0.497 e. The molecule has 0 aliphatic rings. The van der Waals surface area contributed by atoms with Crippen molar-refractivity contribution in [3.63, 3.8) is 0 Å². The number of halogens is 1. The third-order valence-corrected chi connectivity index (χ3v) is 5.25. The Kier molecular flexibility index (Phi) is 6.50. The quantitative estimate of drug-likeness (QED) is 0.780. The van der Waals surface area contributed by atoms with E-state index in [1.54, 1.807) is 43.5 Å². The highest BCUT2D eigenvalue weighted by molar-refractivity contribution is 7.92. The molecule has 6 nitrogen and oxygen atoms in total. The molecular formula is C18H21ClN2O4S. The van der Waals surface area contributed by atoms with Crippen molar-refractivity contribution in [2.45, 2.75) is 13.0 Å². The van der Waals surface area contributed by atoms with Gasteiger partial charge < -0.3 is 10.1 Å². The zero-order valence-electron chi connectivity index (χ0n) is 14.8. The van der Waals surface area contributed by atoms with Crippen LogP contribution < -0.4 is 14.4 Å². The third kappa shape index (κ3) is 5.12. The van der Waals surface area contributed by atoms with Crippen LogP contribution in [0.2, 0.25) is 5.02 Å². The number of methoxy groups -OCH3 is 1. The normalized spacial score (nSPS) is 12.3. The van der Waals surface area contributed by atoms with Crippen LogP contribution in [0.5, 0.6) is 5.75 Å². The molecular weight excluding hydrogens is 376 g/mol. The summed E-state index contributed by atoms with van der Waals surface area (Å²) < 4.78 is 30.3. The topological polar surface area (TPSA) is 75.7 Å². The fourth-order valence-corrected chi connectivity index (χ4v) is 3.58. The van der Waals surface area contributed by atoms with Crippen molar-refractivity contribution >= 4 is 33.2 Å². The van der Waals surface area contributed by atoms with Gasteiger partial charge in [0.1, 0.15) is 12.3 Å². The van der Waals surface area contributed by atoms with Gasteiger partial charge in [-0.1, -0.05) is 35.9 Å². The van der Waals surface area contributed by atoms with Gasteiger partial charge in [0.05, 0.1) is 30.1 Å². The Morgan fingerprint density at radius 2 is 1.81 bits per heavy atom. The highest BCUT2D eigenvalue weighted by Crippen LogP contribution is 2.27. The molecule has 0 bridgehead atoms. The van der Waals surface area contributed by atoms with Gasteiger partial charge in [-0.25, -0.2) is 8.42 Å². The predicted molar refractivity (Wildman–Crippen MR) is 103 cm³/mol. The summed E-state index contributed by atoms with van der Waals surface area (Å²) in [6.45, 7) is 1.46. The van der Waals surface area contributed by atoms with Crippen molar-refractivity contribution in [1.82, 2.24) is 5.32 Å². The summed E-state index contributed by atoms with van der Waals surface area (Å²) in [5, 5.41) is 3.05. The number of rotatable bonds is 7. The summed E-state index contributed by atoms with van der Waals surface area (Å²) in [5.41, 5.74) is 1.15. The Hall–Kier alpha value is -2.25. The smallest absolute Gasteiger partial charge is 0.241 e. The van der Waals surface area contributed by atoms with Crippen molar-refractivity contribution < 1.29 is 17.9 Å². The van der Waals surface area contributed by atoms with Gasteiger partial charge in [0.25, 0.3) is 0 Å². The van der Waals surface area contributed by atoms with E-state index in [-0.39, 0.29) is 23.3 Å². The maximum absolute atomic E-state index is 12.4. The minimum absolute atomic E-state index is 0.258. The highest BCUT2D eigenvalue weighted by Gasteiger charge is 2.23. The van der Waals surface area contributed by atoms with Crippen molar-refractivity contribution in [2.24, 2.45) is 0 Å². The van der Waals surface area contributed by atoms with Gasteiger partial charge in [0, 0.05) is 0 Å². The van der Waals surface area contributed by atoms with Crippen LogP contribution in [0.3, 0.4) is 0 Å². The van der Waals surface area contributed by atoms with E-state index in [1.165, 1.54) is 0 Å². The number of para-hydroxylation sites is 1. The van der Waals surface area contributed by atoms with Crippen LogP contribution in [0.4, 0.5) is 5.69 Å². The Morgan fingerprint density at radius 3 is 2.35 bits per heavy atom. The molecule has 0 radical (unpaired) electrons. The standard InChI is InChI=1S/C18H21ClN2O4S/c1-13(14-8-10-15(25-2)11-9-14)20-18(22)12-21(26(3,23)24)17-7-5-4-6-16(17)19/h4-11,13H,12H2,1-3H3,(H,20,22)/t13-/m0/s1. The number of nitrogens with one attached hydrogen (secondary N) is 1. The number of amides is 1. The molecule has 2 aromatic carbocycles. The molecule has 0 aliphatic heterocycles. The maximum atomic E-state index is 12.4. The fourth-order valence-electron chi connectivity index (χ4n) is 2.43. The monoisotopic (exact) mass is 396 g/mol. The lowest BCUT2D eigenvalue weighted by Gasteiger charge is -2.24. The number of ether oxygens (including phenoxy) is 1. The number of carbonyl (C=O) groups is 1. The molecule has 8 heteroatoms. The Labute approximate surface area is 158 Å². The van der Waals surface area contributed by atoms with Crippen LogP contribution in [-0.2, 0) is 14.8 Å². The van der Waals surface area contributed by atoms with Crippen LogP contribution in [0.1, 0.15) is 18.5 Å². The van der Waals surface area contributed by atoms with Crippen molar-refractivity contribution in [3.05, 3.63) is 59.1 Å². The van der Waals surface area contributed by atoms with Gasteiger partial charge in [-0.3, -0.25) is 9.10 Å². The molecule has 0 aliphatic carbocycles. The maximum Gasteiger partial charge on any atom is 0.241 e. The number of hydrogen-bond donors (Lipinski definition) is 1. The largest absolute Gasteiger partial charge is 0.497 e. The molecule has 2 aromatic rings. The number of sulfonamides is 1. The van der Waals surface area contributed by atoms with Crippen LogP contribution in [-0.4, -0.2) is 34.2 Å². The lowest BCUT2D eigenvalue weighted by atomic mass is 10.1. The first kappa shape index (κ1) is 20.1.